The molecule has 2 aliphatic rings. The van der Waals surface area contributed by atoms with Crippen LogP contribution in [0.2, 0.25) is 0 Å². The lowest BCUT2D eigenvalue weighted by atomic mass is 10.5. The van der Waals surface area contributed by atoms with Crippen LogP contribution >= 0.6 is 23.5 Å². The molecular weight excluding hydrogens is 174 g/mol. The number of nitrogens with zero attached hydrogens (tertiary/aromatic N) is 1. The Kier molecular flexibility index (Phi) is 2.10. The third-order valence-corrected chi connectivity index (χ3v) is 4.71. The number of thioether (sulfide) groups is 2. The summed E-state index contributed by atoms with van der Waals surface area (Å²) in [4.78, 5) is 2.51. The molecule has 62 valence electrons. The molecule has 1 fully saturated rings. The Morgan fingerprint density at radius 3 is 3.18 bits per heavy atom. The largest absolute Gasteiger partial charge is 0.355 e. The van der Waals surface area contributed by atoms with Crippen LogP contribution in [0.4, 0.5) is 0 Å². The highest BCUT2D eigenvalue weighted by Gasteiger charge is 2.29. The lowest BCUT2D eigenvalue weighted by Crippen LogP contribution is -2.31. The molecule has 0 amide bonds. The molecule has 3 heteroatoms. The molecule has 1 nitrogen and oxygen atoms in total. The maximum absolute atomic E-state index is 2.51. The molecule has 2 atom stereocenters. The van der Waals surface area contributed by atoms with Gasteiger partial charge in [-0.3, -0.25) is 0 Å². The van der Waals surface area contributed by atoms with Crippen molar-refractivity contribution in [3.8, 4) is 0 Å². The molecule has 2 aliphatic heterocycles. The number of rotatable bonds is 0. The Hall–Kier alpha value is 0.240. The minimum Gasteiger partial charge on any atom is -0.355 e. The third-order valence-electron chi connectivity index (χ3n) is 2.09. The first-order valence-corrected chi connectivity index (χ1v) is 5.88. The van der Waals surface area contributed by atoms with Gasteiger partial charge in [-0.05, 0) is 20.3 Å². The molecule has 0 aromatic heterocycles. The van der Waals surface area contributed by atoms with Crippen LogP contribution in [0.25, 0.3) is 0 Å². The van der Waals surface area contributed by atoms with E-state index in [1.807, 2.05) is 11.8 Å². The van der Waals surface area contributed by atoms with E-state index in [9.17, 15) is 0 Å². The van der Waals surface area contributed by atoms with Crippen molar-refractivity contribution < 1.29 is 0 Å². The molecule has 11 heavy (non-hydrogen) atoms. The van der Waals surface area contributed by atoms with Gasteiger partial charge in [-0.25, -0.2) is 0 Å². The average molecular weight is 187 g/mol. The summed E-state index contributed by atoms with van der Waals surface area (Å²) in [6, 6.07) is 0. The van der Waals surface area contributed by atoms with Gasteiger partial charge >= 0.3 is 0 Å². The lowest BCUT2D eigenvalue weighted by molar-refractivity contribution is 0.389. The molecule has 0 saturated carbocycles. The van der Waals surface area contributed by atoms with Crippen LogP contribution in [0.5, 0.6) is 0 Å². The van der Waals surface area contributed by atoms with E-state index in [0.29, 0.717) is 5.37 Å². The van der Waals surface area contributed by atoms with Crippen molar-refractivity contribution in [1.82, 2.24) is 4.90 Å². The predicted octanol–water partition coefficient (Wildman–Crippen LogP) is 2.71. The number of hydrogen-bond donors (Lipinski definition) is 0. The Labute approximate surface area is 76.6 Å². The zero-order valence-corrected chi connectivity index (χ0v) is 8.54. The van der Waals surface area contributed by atoms with Gasteiger partial charge < -0.3 is 4.90 Å². The summed E-state index contributed by atoms with van der Waals surface area (Å²) in [5.41, 5.74) is 0. The fourth-order valence-electron chi connectivity index (χ4n) is 1.58. The van der Waals surface area contributed by atoms with E-state index >= 15 is 0 Å². The smallest absolute Gasteiger partial charge is 0.0738 e. The molecular formula is C8H13NS2. The summed E-state index contributed by atoms with van der Waals surface area (Å²) in [5, 5.41) is 2.21. The second kappa shape index (κ2) is 2.94. The van der Waals surface area contributed by atoms with E-state index in [-0.39, 0.29) is 0 Å². The molecule has 0 radical (unpaired) electrons. The van der Waals surface area contributed by atoms with E-state index in [1.165, 1.54) is 18.0 Å². The number of hydrogen-bond acceptors (Lipinski definition) is 3. The highest BCUT2D eigenvalue weighted by molar-refractivity contribution is 8.19. The first kappa shape index (κ1) is 7.87. The van der Waals surface area contributed by atoms with E-state index < -0.39 is 0 Å². The summed E-state index contributed by atoms with van der Waals surface area (Å²) in [7, 11) is 0. The van der Waals surface area contributed by atoms with Crippen molar-refractivity contribution in [3.05, 3.63) is 11.1 Å². The SMILES string of the molecule is CC1SC2=CCCN2C(C)S1. The normalized spacial score (nSPS) is 36.9. The second-order valence-electron chi connectivity index (χ2n) is 2.95. The van der Waals surface area contributed by atoms with Crippen molar-refractivity contribution in [2.45, 2.75) is 30.2 Å². The fourth-order valence-corrected chi connectivity index (χ4v) is 4.51. The van der Waals surface area contributed by atoms with Gasteiger partial charge in [0.1, 0.15) is 0 Å². The molecule has 0 aromatic rings. The zero-order valence-electron chi connectivity index (χ0n) is 6.91. The van der Waals surface area contributed by atoms with Crippen LogP contribution in [-0.2, 0) is 0 Å². The summed E-state index contributed by atoms with van der Waals surface area (Å²) in [6.07, 6.45) is 3.62. The van der Waals surface area contributed by atoms with Gasteiger partial charge in [0.05, 0.1) is 15.0 Å². The maximum Gasteiger partial charge on any atom is 0.0738 e. The second-order valence-corrected chi connectivity index (χ2v) is 6.27. The van der Waals surface area contributed by atoms with E-state index in [0.717, 1.165) is 4.58 Å². The van der Waals surface area contributed by atoms with Crippen molar-refractivity contribution in [2.75, 3.05) is 6.54 Å². The van der Waals surface area contributed by atoms with Crippen LogP contribution < -0.4 is 0 Å². The van der Waals surface area contributed by atoms with Crippen molar-refractivity contribution in [2.24, 2.45) is 0 Å². The van der Waals surface area contributed by atoms with Gasteiger partial charge in [0.15, 0.2) is 0 Å². The first-order valence-electron chi connectivity index (χ1n) is 4.06. The van der Waals surface area contributed by atoms with Crippen LogP contribution in [0.15, 0.2) is 11.1 Å². The van der Waals surface area contributed by atoms with Crippen LogP contribution in [0.1, 0.15) is 20.3 Å². The quantitative estimate of drug-likeness (QED) is 0.574. The minimum absolute atomic E-state index is 0.694. The summed E-state index contributed by atoms with van der Waals surface area (Å²) in [6.45, 7) is 5.84. The molecule has 1 saturated heterocycles. The van der Waals surface area contributed by atoms with Crippen LogP contribution in [0.3, 0.4) is 0 Å². The molecule has 0 spiro atoms. The van der Waals surface area contributed by atoms with Crippen molar-refractivity contribution in [3.63, 3.8) is 0 Å². The highest BCUT2D eigenvalue weighted by atomic mass is 32.2. The Morgan fingerprint density at radius 1 is 1.55 bits per heavy atom. The average Bonchev–Trinajstić information content (AvgIpc) is 2.34. The van der Waals surface area contributed by atoms with E-state index in [4.69, 9.17) is 0 Å². The van der Waals surface area contributed by atoms with E-state index in [2.05, 4.69) is 36.6 Å². The summed E-state index contributed by atoms with van der Waals surface area (Å²) >= 11 is 4.08. The molecule has 0 aliphatic carbocycles. The third kappa shape index (κ3) is 1.41. The van der Waals surface area contributed by atoms with Gasteiger partial charge in [-0.15, -0.1) is 11.8 Å². The molecule has 0 bridgehead atoms. The first-order chi connectivity index (χ1) is 5.27. The molecule has 0 N–H and O–H groups in total. The number of fused-ring (bicyclic) bond motifs is 1. The topological polar surface area (TPSA) is 3.24 Å². The maximum atomic E-state index is 2.51. The summed E-state index contributed by atoms with van der Waals surface area (Å²) < 4.78 is 0.741. The molecule has 2 unspecified atom stereocenters. The van der Waals surface area contributed by atoms with Gasteiger partial charge in [0.25, 0.3) is 0 Å². The lowest BCUT2D eigenvalue weighted by Gasteiger charge is -2.35. The fraction of sp³-hybridized carbons (Fsp3) is 0.750. The summed E-state index contributed by atoms with van der Waals surface area (Å²) in [5.74, 6) is 0. The standard InChI is InChI=1S/C8H13NS2/c1-6-9-5-3-4-8(9)11-7(2)10-6/h4,6-7H,3,5H2,1-2H3. The monoisotopic (exact) mass is 187 g/mol. The Balaban J connectivity index is 2.13. The predicted molar refractivity (Wildman–Crippen MR) is 53.5 cm³/mol. The van der Waals surface area contributed by atoms with E-state index in [1.54, 1.807) is 0 Å². The molecule has 0 aromatic carbocycles. The Bertz CT molecular complexity index is 191. The molecule has 2 rings (SSSR count). The van der Waals surface area contributed by atoms with Gasteiger partial charge in [0, 0.05) is 6.54 Å². The van der Waals surface area contributed by atoms with Crippen molar-refractivity contribution >= 4 is 23.5 Å². The molecule has 2 heterocycles. The van der Waals surface area contributed by atoms with Crippen LogP contribution in [0, 0.1) is 0 Å². The van der Waals surface area contributed by atoms with Gasteiger partial charge in [-0.2, -0.15) is 0 Å². The minimum atomic E-state index is 0.694. The zero-order chi connectivity index (χ0) is 7.84. The van der Waals surface area contributed by atoms with Gasteiger partial charge in [-0.1, -0.05) is 17.8 Å². The van der Waals surface area contributed by atoms with Crippen molar-refractivity contribution in [1.29, 1.82) is 0 Å². The Morgan fingerprint density at radius 2 is 2.36 bits per heavy atom. The highest BCUT2D eigenvalue weighted by Crippen LogP contribution is 2.44. The van der Waals surface area contributed by atoms with Crippen LogP contribution in [-0.4, -0.2) is 21.4 Å². The van der Waals surface area contributed by atoms with Gasteiger partial charge in [0.2, 0.25) is 0 Å².